The summed E-state index contributed by atoms with van der Waals surface area (Å²) in [4.78, 5) is 4.08. The molecule has 0 aromatic carbocycles. The lowest BCUT2D eigenvalue weighted by atomic mass is 10.0. The first-order valence-corrected chi connectivity index (χ1v) is 6.05. The van der Waals surface area contributed by atoms with Gasteiger partial charge in [0.25, 0.3) is 0 Å². The molecule has 1 heterocycles. The second kappa shape index (κ2) is 7.66. The third-order valence-electron chi connectivity index (χ3n) is 2.58. The Kier molecular flexibility index (Phi) is 6.37. The topological polar surface area (TPSA) is 24.9 Å². The van der Waals surface area contributed by atoms with Crippen LogP contribution in [0.3, 0.4) is 0 Å². The van der Waals surface area contributed by atoms with Gasteiger partial charge in [-0.3, -0.25) is 4.98 Å². The Hall–Kier alpha value is -0.600. The molecule has 0 saturated carbocycles. The van der Waals surface area contributed by atoms with Crippen LogP contribution in [0.5, 0.6) is 0 Å². The zero-order valence-electron chi connectivity index (χ0n) is 9.25. The summed E-state index contributed by atoms with van der Waals surface area (Å²) >= 11 is 5.73. The van der Waals surface area contributed by atoms with Crippen LogP contribution in [0.1, 0.15) is 25.3 Å². The monoisotopic (exact) mass is 226 g/mol. The van der Waals surface area contributed by atoms with Gasteiger partial charge in [-0.25, -0.2) is 0 Å². The van der Waals surface area contributed by atoms with Crippen LogP contribution in [0.25, 0.3) is 0 Å². The lowest BCUT2D eigenvalue weighted by Crippen LogP contribution is -2.22. The molecule has 0 aliphatic heterocycles. The number of aromatic nitrogens is 1. The summed E-state index contributed by atoms with van der Waals surface area (Å²) in [7, 11) is 0. The molecular formula is C12H19ClN2. The molecule has 3 heteroatoms. The molecule has 0 aliphatic carbocycles. The smallest absolute Gasteiger partial charge is 0.0312 e. The van der Waals surface area contributed by atoms with E-state index in [2.05, 4.69) is 23.3 Å². The van der Waals surface area contributed by atoms with Crippen LogP contribution < -0.4 is 5.32 Å². The van der Waals surface area contributed by atoms with Crippen molar-refractivity contribution in [3.05, 3.63) is 30.1 Å². The molecule has 0 amide bonds. The molecular weight excluding hydrogens is 208 g/mol. The van der Waals surface area contributed by atoms with Gasteiger partial charge in [0.2, 0.25) is 0 Å². The van der Waals surface area contributed by atoms with Crippen molar-refractivity contribution in [3.63, 3.8) is 0 Å². The van der Waals surface area contributed by atoms with Crippen molar-refractivity contribution in [2.75, 3.05) is 12.4 Å². The summed E-state index contributed by atoms with van der Waals surface area (Å²) in [6.07, 6.45) is 5.98. The predicted octanol–water partition coefficient (Wildman–Crippen LogP) is 2.83. The lowest BCUT2D eigenvalue weighted by molar-refractivity contribution is 0.451. The van der Waals surface area contributed by atoms with Gasteiger partial charge in [0.1, 0.15) is 0 Å². The largest absolute Gasteiger partial charge is 0.312 e. The van der Waals surface area contributed by atoms with Gasteiger partial charge in [-0.05, 0) is 30.5 Å². The first-order chi connectivity index (χ1) is 7.36. The Labute approximate surface area is 97.1 Å². The Morgan fingerprint density at radius 1 is 1.53 bits per heavy atom. The molecule has 0 saturated heterocycles. The van der Waals surface area contributed by atoms with E-state index in [-0.39, 0.29) is 0 Å². The third-order valence-corrected chi connectivity index (χ3v) is 2.80. The van der Waals surface area contributed by atoms with Crippen molar-refractivity contribution >= 4 is 11.6 Å². The number of alkyl halides is 1. The molecule has 84 valence electrons. The maximum absolute atomic E-state index is 5.73. The van der Waals surface area contributed by atoms with E-state index >= 15 is 0 Å². The minimum Gasteiger partial charge on any atom is -0.312 e. The van der Waals surface area contributed by atoms with Crippen molar-refractivity contribution in [1.82, 2.24) is 10.3 Å². The number of pyridine rings is 1. The summed E-state index contributed by atoms with van der Waals surface area (Å²) < 4.78 is 0. The van der Waals surface area contributed by atoms with Crippen LogP contribution in [0, 0.1) is 5.92 Å². The Bertz CT molecular complexity index is 251. The number of nitrogens with one attached hydrogen (secondary N) is 1. The standard InChI is InChI=1S/C12H19ClN2/c1-2-11(5-6-13)8-15-10-12-4-3-7-14-9-12/h3-4,7,9,11,15H,2,5-6,8,10H2,1H3. The first kappa shape index (κ1) is 12.5. The van der Waals surface area contributed by atoms with E-state index in [0.717, 1.165) is 25.4 Å². The van der Waals surface area contributed by atoms with E-state index < -0.39 is 0 Å². The highest BCUT2D eigenvalue weighted by molar-refractivity contribution is 6.17. The molecule has 0 bridgehead atoms. The maximum atomic E-state index is 5.73. The van der Waals surface area contributed by atoms with E-state index in [1.54, 1.807) is 6.20 Å². The van der Waals surface area contributed by atoms with Gasteiger partial charge in [0.15, 0.2) is 0 Å². The molecule has 1 unspecified atom stereocenters. The van der Waals surface area contributed by atoms with Crippen LogP contribution in [0.4, 0.5) is 0 Å². The molecule has 0 radical (unpaired) electrons. The van der Waals surface area contributed by atoms with Gasteiger partial charge in [-0.2, -0.15) is 0 Å². The second-order valence-corrected chi connectivity index (χ2v) is 4.12. The van der Waals surface area contributed by atoms with Crippen molar-refractivity contribution in [1.29, 1.82) is 0 Å². The van der Waals surface area contributed by atoms with E-state index in [1.165, 1.54) is 12.0 Å². The highest BCUT2D eigenvalue weighted by Gasteiger charge is 2.04. The number of hydrogen-bond acceptors (Lipinski definition) is 2. The van der Waals surface area contributed by atoms with Crippen LogP contribution in [-0.2, 0) is 6.54 Å². The van der Waals surface area contributed by atoms with Crippen LogP contribution >= 0.6 is 11.6 Å². The summed E-state index contributed by atoms with van der Waals surface area (Å²) in [6, 6.07) is 4.05. The summed E-state index contributed by atoms with van der Waals surface area (Å²) in [5, 5.41) is 3.44. The molecule has 1 aromatic rings. The Morgan fingerprint density at radius 2 is 2.40 bits per heavy atom. The fourth-order valence-electron chi connectivity index (χ4n) is 1.53. The molecule has 0 spiro atoms. The Balaban J connectivity index is 2.20. The molecule has 0 fully saturated rings. The van der Waals surface area contributed by atoms with Crippen molar-refractivity contribution in [3.8, 4) is 0 Å². The highest BCUT2D eigenvalue weighted by Crippen LogP contribution is 2.08. The lowest BCUT2D eigenvalue weighted by Gasteiger charge is -2.13. The van der Waals surface area contributed by atoms with E-state index in [1.807, 2.05) is 12.3 Å². The van der Waals surface area contributed by atoms with E-state index in [4.69, 9.17) is 11.6 Å². The Morgan fingerprint density at radius 3 is 3.00 bits per heavy atom. The van der Waals surface area contributed by atoms with Crippen LogP contribution in [0.15, 0.2) is 24.5 Å². The molecule has 1 atom stereocenters. The van der Waals surface area contributed by atoms with Crippen molar-refractivity contribution in [2.24, 2.45) is 5.92 Å². The average molecular weight is 227 g/mol. The third kappa shape index (κ3) is 5.14. The molecule has 1 rings (SSSR count). The van der Waals surface area contributed by atoms with Crippen LogP contribution in [-0.4, -0.2) is 17.4 Å². The first-order valence-electron chi connectivity index (χ1n) is 5.52. The van der Waals surface area contributed by atoms with Crippen molar-refractivity contribution < 1.29 is 0 Å². The SMILES string of the molecule is CCC(CCCl)CNCc1cccnc1. The van der Waals surface area contributed by atoms with Crippen molar-refractivity contribution in [2.45, 2.75) is 26.3 Å². The van der Waals surface area contributed by atoms with Gasteiger partial charge < -0.3 is 5.32 Å². The summed E-state index contributed by atoms with van der Waals surface area (Å²) in [5.41, 5.74) is 1.23. The van der Waals surface area contributed by atoms with Gasteiger partial charge in [0.05, 0.1) is 0 Å². The predicted molar refractivity (Wildman–Crippen MR) is 65.1 cm³/mol. The second-order valence-electron chi connectivity index (χ2n) is 3.74. The minimum absolute atomic E-state index is 0.694. The maximum Gasteiger partial charge on any atom is 0.0312 e. The van der Waals surface area contributed by atoms with Crippen LogP contribution in [0.2, 0.25) is 0 Å². The normalized spacial score (nSPS) is 12.7. The minimum atomic E-state index is 0.694. The molecule has 15 heavy (non-hydrogen) atoms. The fourth-order valence-corrected chi connectivity index (χ4v) is 1.84. The van der Waals surface area contributed by atoms with E-state index in [0.29, 0.717) is 5.92 Å². The van der Waals surface area contributed by atoms with Gasteiger partial charge in [-0.1, -0.05) is 19.4 Å². The zero-order chi connectivity index (χ0) is 10.9. The highest BCUT2D eigenvalue weighted by atomic mass is 35.5. The molecule has 1 N–H and O–H groups in total. The number of halogens is 1. The zero-order valence-corrected chi connectivity index (χ0v) is 10.0. The quantitative estimate of drug-likeness (QED) is 0.724. The van der Waals surface area contributed by atoms with Gasteiger partial charge in [-0.15, -0.1) is 11.6 Å². The number of nitrogens with zero attached hydrogens (tertiary/aromatic N) is 1. The molecule has 0 aliphatic rings. The van der Waals surface area contributed by atoms with Gasteiger partial charge in [0, 0.05) is 24.8 Å². The molecule has 1 aromatic heterocycles. The number of rotatable bonds is 7. The molecule has 2 nitrogen and oxygen atoms in total. The number of hydrogen-bond donors (Lipinski definition) is 1. The average Bonchev–Trinajstić information content (AvgIpc) is 2.29. The van der Waals surface area contributed by atoms with E-state index in [9.17, 15) is 0 Å². The fraction of sp³-hybridized carbons (Fsp3) is 0.583. The summed E-state index contributed by atoms with van der Waals surface area (Å²) in [6.45, 7) is 4.15. The van der Waals surface area contributed by atoms with Gasteiger partial charge >= 0.3 is 0 Å². The summed E-state index contributed by atoms with van der Waals surface area (Å²) in [5.74, 6) is 1.45.